The van der Waals surface area contributed by atoms with Crippen LogP contribution in [0.5, 0.6) is 0 Å². The van der Waals surface area contributed by atoms with E-state index in [4.69, 9.17) is 0 Å². The van der Waals surface area contributed by atoms with Gasteiger partial charge in [0.25, 0.3) is 0 Å². The number of benzene rings is 1. The lowest BCUT2D eigenvalue weighted by Crippen LogP contribution is -2.40. The van der Waals surface area contributed by atoms with Crippen LogP contribution in [0.15, 0.2) is 24.3 Å². The molecule has 8 heteroatoms. The predicted molar refractivity (Wildman–Crippen MR) is 73.9 cm³/mol. The number of carbonyl (C=O) groups excluding carboxylic acids is 1. The average Bonchev–Trinajstić information content (AvgIpc) is 3.05. The summed E-state index contributed by atoms with van der Waals surface area (Å²) in [6.45, 7) is 0.584. The zero-order valence-corrected chi connectivity index (χ0v) is 12.1. The fraction of sp³-hybridized carbons (Fsp3) is 0.462. The van der Waals surface area contributed by atoms with Crippen LogP contribution in [0, 0.1) is 11.7 Å². The molecule has 2 saturated heterocycles. The Bertz CT molecular complexity index is 647. The van der Waals surface area contributed by atoms with Gasteiger partial charge in [-0.15, -0.1) is 0 Å². The molecule has 0 saturated carbocycles. The van der Waals surface area contributed by atoms with Crippen LogP contribution in [0.3, 0.4) is 0 Å². The Hall–Kier alpha value is -1.51. The Morgan fingerprint density at radius 3 is 2.62 bits per heavy atom. The number of rotatable bonds is 2. The molecule has 0 spiro atoms. The summed E-state index contributed by atoms with van der Waals surface area (Å²) in [5.41, 5.74) is 6.59. The van der Waals surface area contributed by atoms with E-state index in [0.717, 1.165) is 9.87 Å². The lowest BCUT2D eigenvalue weighted by molar-refractivity contribution is -0.130. The number of carbonyl (C=O) groups is 1. The predicted octanol–water partition coefficient (Wildman–Crippen LogP) is 0.153. The molecule has 2 aliphatic rings. The molecule has 2 atom stereocenters. The monoisotopic (exact) mass is 313 g/mol. The minimum Gasteiger partial charge on any atom is -0.273 e. The van der Waals surface area contributed by atoms with Gasteiger partial charge >= 0.3 is 0 Å². The molecule has 0 aliphatic carbocycles. The fourth-order valence-electron chi connectivity index (χ4n) is 2.78. The van der Waals surface area contributed by atoms with Crippen molar-refractivity contribution in [3.8, 4) is 0 Å². The molecule has 3 rings (SSSR count). The third-order valence-electron chi connectivity index (χ3n) is 3.87. The van der Waals surface area contributed by atoms with Crippen LogP contribution < -0.4 is 10.9 Å². The smallest absolute Gasteiger partial charge is 0.242 e. The maximum atomic E-state index is 13.0. The summed E-state index contributed by atoms with van der Waals surface area (Å²) < 4.78 is 37.7. The van der Waals surface area contributed by atoms with Gasteiger partial charge in [0, 0.05) is 13.1 Å². The first-order chi connectivity index (χ1) is 9.99. The van der Waals surface area contributed by atoms with Crippen LogP contribution in [0.2, 0.25) is 0 Å². The van der Waals surface area contributed by atoms with Crippen molar-refractivity contribution in [3.63, 3.8) is 0 Å². The van der Waals surface area contributed by atoms with E-state index in [0.29, 0.717) is 13.0 Å². The van der Waals surface area contributed by atoms with Crippen LogP contribution in [0.25, 0.3) is 0 Å². The van der Waals surface area contributed by atoms with E-state index in [1.807, 2.05) is 0 Å². The first-order valence-corrected chi connectivity index (χ1v) is 8.38. The molecule has 0 bridgehead atoms. The number of amides is 1. The maximum absolute atomic E-state index is 13.0. The van der Waals surface area contributed by atoms with E-state index in [-0.39, 0.29) is 24.2 Å². The summed E-state index contributed by atoms with van der Waals surface area (Å²) in [6.07, 6.45) is 0.475. The second-order valence-corrected chi connectivity index (χ2v) is 7.25. The van der Waals surface area contributed by atoms with E-state index >= 15 is 0 Å². The first kappa shape index (κ1) is 14.4. The molecule has 0 aromatic heterocycles. The zero-order chi connectivity index (χ0) is 15.0. The van der Waals surface area contributed by atoms with Crippen molar-refractivity contribution in [2.24, 2.45) is 5.92 Å². The van der Waals surface area contributed by atoms with Gasteiger partial charge in [-0.2, -0.15) is 0 Å². The standard InChI is InChI=1S/C13H16FN3O3S/c14-10-4-2-9(3-5-10)12-11(8-15-16-12)13(18)17-6-1-7-21(17,19)20/h2-5,11-12,15-16H,1,6-8H2. The second kappa shape index (κ2) is 5.36. The van der Waals surface area contributed by atoms with Gasteiger partial charge in [-0.3, -0.25) is 10.2 Å². The van der Waals surface area contributed by atoms with Crippen molar-refractivity contribution in [1.29, 1.82) is 0 Å². The first-order valence-electron chi connectivity index (χ1n) is 6.77. The van der Waals surface area contributed by atoms with Crippen molar-refractivity contribution in [2.75, 3.05) is 18.8 Å². The largest absolute Gasteiger partial charge is 0.273 e. The summed E-state index contributed by atoms with van der Waals surface area (Å²) in [5.74, 6) is -1.26. The molecule has 2 unspecified atom stereocenters. The molecule has 1 aromatic carbocycles. The van der Waals surface area contributed by atoms with Gasteiger partial charge in [0.05, 0.1) is 17.7 Å². The zero-order valence-electron chi connectivity index (χ0n) is 11.3. The highest BCUT2D eigenvalue weighted by Crippen LogP contribution is 2.29. The van der Waals surface area contributed by atoms with E-state index in [9.17, 15) is 17.6 Å². The summed E-state index contributed by atoms with van der Waals surface area (Å²) in [5, 5.41) is 0. The minimum absolute atomic E-state index is 0.0214. The Morgan fingerprint density at radius 2 is 2.00 bits per heavy atom. The normalized spacial score (nSPS) is 28.0. The van der Waals surface area contributed by atoms with Crippen LogP contribution >= 0.6 is 0 Å². The van der Waals surface area contributed by atoms with Crippen molar-refractivity contribution < 1.29 is 17.6 Å². The third-order valence-corrected chi connectivity index (χ3v) is 5.71. The summed E-state index contributed by atoms with van der Waals surface area (Å²) in [6, 6.07) is 5.47. The van der Waals surface area contributed by atoms with E-state index in [1.54, 1.807) is 12.1 Å². The second-order valence-electron chi connectivity index (χ2n) is 5.24. The molecular formula is C13H16FN3O3S. The molecule has 2 N–H and O–H groups in total. The van der Waals surface area contributed by atoms with Crippen LogP contribution in [0.4, 0.5) is 4.39 Å². The van der Waals surface area contributed by atoms with E-state index < -0.39 is 21.8 Å². The van der Waals surface area contributed by atoms with Gasteiger partial charge in [0.1, 0.15) is 5.82 Å². The average molecular weight is 313 g/mol. The number of hydrazine groups is 1. The Morgan fingerprint density at radius 1 is 1.29 bits per heavy atom. The molecular weight excluding hydrogens is 297 g/mol. The Kier molecular flexibility index (Phi) is 3.68. The molecule has 21 heavy (non-hydrogen) atoms. The quantitative estimate of drug-likeness (QED) is 0.813. The summed E-state index contributed by atoms with van der Waals surface area (Å²) >= 11 is 0. The fourth-order valence-corrected chi connectivity index (χ4v) is 4.32. The highest BCUT2D eigenvalue weighted by molar-refractivity contribution is 7.89. The van der Waals surface area contributed by atoms with Crippen molar-refractivity contribution in [3.05, 3.63) is 35.6 Å². The number of sulfonamides is 1. The molecule has 114 valence electrons. The van der Waals surface area contributed by atoms with Crippen LogP contribution in [-0.2, 0) is 14.8 Å². The lowest BCUT2D eigenvalue weighted by Gasteiger charge is -2.23. The maximum Gasteiger partial charge on any atom is 0.242 e. The number of halogens is 1. The lowest BCUT2D eigenvalue weighted by atomic mass is 9.94. The highest BCUT2D eigenvalue weighted by atomic mass is 32.2. The number of nitrogens with one attached hydrogen (secondary N) is 2. The number of hydrogen-bond acceptors (Lipinski definition) is 5. The highest BCUT2D eigenvalue weighted by Gasteiger charge is 2.42. The SMILES string of the molecule is O=C(C1CNNC1c1ccc(F)cc1)N1CCCS1(=O)=O. The van der Waals surface area contributed by atoms with E-state index in [1.165, 1.54) is 12.1 Å². The molecule has 6 nitrogen and oxygen atoms in total. The summed E-state index contributed by atoms with van der Waals surface area (Å²) in [4.78, 5) is 12.5. The van der Waals surface area contributed by atoms with Gasteiger partial charge in [-0.1, -0.05) is 12.1 Å². The Balaban J connectivity index is 1.84. The van der Waals surface area contributed by atoms with Crippen molar-refractivity contribution >= 4 is 15.9 Å². The van der Waals surface area contributed by atoms with Crippen molar-refractivity contribution in [1.82, 2.24) is 15.2 Å². The minimum atomic E-state index is -3.47. The number of nitrogens with zero attached hydrogens (tertiary/aromatic N) is 1. The summed E-state index contributed by atoms with van der Waals surface area (Å²) in [7, 11) is -3.47. The topological polar surface area (TPSA) is 78.5 Å². The van der Waals surface area contributed by atoms with E-state index in [2.05, 4.69) is 10.9 Å². The molecule has 1 aromatic rings. The molecule has 0 radical (unpaired) electrons. The van der Waals surface area contributed by atoms with Crippen LogP contribution in [0.1, 0.15) is 18.0 Å². The Labute approximate surface area is 122 Å². The van der Waals surface area contributed by atoms with Gasteiger partial charge in [-0.25, -0.2) is 22.5 Å². The molecule has 2 fully saturated rings. The van der Waals surface area contributed by atoms with Crippen molar-refractivity contribution in [2.45, 2.75) is 12.5 Å². The van der Waals surface area contributed by atoms with Gasteiger partial charge in [-0.05, 0) is 24.1 Å². The van der Waals surface area contributed by atoms with Crippen LogP contribution in [-0.4, -0.2) is 37.5 Å². The van der Waals surface area contributed by atoms with Gasteiger partial charge in [0.15, 0.2) is 0 Å². The molecule has 2 aliphatic heterocycles. The molecule has 2 heterocycles. The number of hydrogen-bond donors (Lipinski definition) is 2. The third kappa shape index (κ3) is 2.66. The van der Waals surface area contributed by atoms with Gasteiger partial charge < -0.3 is 0 Å². The molecule has 1 amide bonds. The van der Waals surface area contributed by atoms with Gasteiger partial charge in [0.2, 0.25) is 15.9 Å².